The van der Waals surface area contributed by atoms with Crippen LogP contribution in [0.4, 0.5) is 4.79 Å². The Morgan fingerprint density at radius 1 is 1.30 bits per heavy atom. The lowest BCUT2D eigenvalue weighted by molar-refractivity contribution is 0.176. The topological polar surface area (TPSA) is 76.2 Å². The Labute approximate surface area is 158 Å². The Hall–Kier alpha value is -2.83. The first-order valence-electron chi connectivity index (χ1n) is 9.42. The molecule has 1 aliphatic rings. The van der Waals surface area contributed by atoms with Crippen molar-refractivity contribution < 1.29 is 9.21 Å². The molecule has 0 saturated carbocycles. The van der Waals surface area contributed by atoms with Gasteiger partial charge in [0.15, 0.2) is 0 Å². The molecule has 1 atom stereocenters. The predicted molar refractivity (Wildman–Crippen MR) is 102 cm³/mol. The van der Waals surface area contributed by atoms with Crippen molar-refractivity contribution in [2.75, 3.05) is 13.1 Å². The zero-order valence-corrected chi connectivity index (χ0v) is 16.0. The van der Waals surface area contributed by atoms with Gasteiger partial charge in [-0.15, -0.1) is 10.2 Å². The molecule has 0 radical (unpaired) electrons. The van der Waals surface area contributed by atoms with Gasteiger partial charge in [-0.1, -0.05) is 18.2 Å². The average Bonchev–Trinajstić information content (AvgIpc) is 3.25. The number of aromatic nitrogens is 3. The van der Waals surface area contributed by atoms with Crippen LogP contribution in [0.1, 0.15) is 48.9 Å². The number of hydrogen-bond donors (Lipinski definition) is 1. The van der Waals surface area contributed by atoms with Crippen molar-refractivity contribution >= 4 is 17.0 Å². The summed E-state index contributed by atoms with van der Waals surface area (Å²) in [6.07, 6.45) is 3.53. The van der Waals surface area contributed by atoms with Gasteiger partial charge in [0.2, 0.25) is 0 Å². The molecule has 1 aromatic carbocycles. The molecule has 7 nitrogen and oxygen atoms in total. The van der Waals surface area contributed by atoms with Crippen molar-refractivity contribution in [3.63, 3.8) is 0 Å². The number of nitrogens with one attached hydrogen (secondary N) is 1. The van der Waals surface area contributed by atoms with Gasteiger partial charge in [-0.3, -0.25) is 0 Å². The van der Waals surface area contributed by atoms with Gasteiger partial charge in [-0.25, -0.2) is 4.79 Å². The summed E-state index contributed by atoms with van der Waals surface area (Å²) in [5, 5.41) is 12.4. The molecule has 1 aliphatic heterocycles. The third-order valence-electron chi connectivity index (χ3n) is 5.51. The summed E-state index contributed by atoms with van der Waals surface area (Å²) in [6.45, 7) is 5.44. The van der Waals surface area contributed by atoms with Gasteiger partial charge in [-0.2, -0.15) is 0 Å². The largest absolute Gasteiger partial charge is 0.459 e. The number of aryl methyl sites for hydroxylation is 2. The van der Waals surface area contributed by atoms with Crippen molar-refractivity contribution in [1.82, 2.24) is 25.0 Å². The minimum Gasteiger partial charge on any atom is -0.459 e. The highest BCUT2D eigenvalue weighted by atomic mass is 16.3. The minimum atomic E-state index is -0.179. The van der Waals surface area contributed by atoms with Crippen LogP contribution in [0, 0.1) is 6.92 Å². The lowest BCUT2D eigenvalue weighted by atomic mass is 9.96. The third kappa shape index (κ3) is 3.29. The fraction of sp³-hybridized carbons (Fsp3) is 0.450. The average molecular weight is 367 g/mol. The fourth-order valence-corrected chi connectivity index (χ4v) is 3.95. The van der Waals surface area contributed by atoms with Crippen molar-refractivity contribution in [3.8, 4) is 0 Å². The molecule has 3 aromatic rings. The van der Waals surface area contributed by atoms with E-state index in [0.717, 1.165) is 54.0 Å². The number of carbonyl (C=O) groups is 1. The second-order valence-electron chi connectivity index (χ2n) is 7.32. The Balaban J connectivity index is 1.39. The number of hydrogen-bond acceptors (Lipinski definition) is 4. The monoisotopic (exact) mass is 367 g/mol. The summed E-state index contributed by atoms with van der Waals surface area (Å²) in [6, 6.07) is 7.74. The summed E-state index contributed by atoms with van der Waals surface area (Å²) >= 11 is 0. The van der Waals surface area contributed by atoms with E-state index in [1.165, 1.54) is 0 Å². The normalized spacial score (nSPS) is 16.6. The summed E-state index contributed by atoms with van der Waals surface area (Å²) in [7, 11) is 1.96. The van der Waals surface area contributed by atoms with Gasteiger partial charge in [0.05, 0.1) is 6.04 Å². The van der Waals surface area contributed by atoms with E-state index in [-0.39, 0.29) is 12.1 Å². The highest BCUT2D eigenvalue weighted by Crippen LogP contribution is 2.30. The smallest absolute Gasteiger partial charge is 0.317 e. The lowest BCUT2D eigenvalue weighted by Crippen LogP contribution is -2.45. The molecule has 2 aromatic heterocycles. The predicted octanol–water partition coefficient (Wildman–Crippen LogP) is 3.52. The van der Waals surface area contributed by atoms with Crippen LogP contribution in [0.5, 0.6) is 0 Å². The molecule has 1 N–H and O–H groups in total. The van der Waals surface area contributed by atoms with Crippen LogP contribution in [0.15, 0.2) is 35.0 Å². The molecular weight excluding hydrogens is 342 g/mol. The highest BCUT2D eigenvalue weighted by molar-refractivity contribution is 5.82. The van der Waals surface area contributed by atoms with Gasteiger partial charge in [0, 0.05) is 37.0 Å². The van der Waals surface area contributed by atoms with Gasteiger partial charge in [0.25, 0.3) is 0 Å². The number of furan rings is 1. The quantitative estimate of drug-likeness (QED) is 0.768. The summed E-state index contributed by atoms with van der Waals surface area (Å²) < 4.78 is 7.94. The number of carbonyl (C=O) groups excluding carboxylic acids is 1. The molecule has 0 bridgehead atoms. The van der Waals surface area contributed by atoms with E-state index >= 15 is 0 Å². The molecule has 0 unspecified atom stereocenters. The Morgan fingerprint density at radius 2 is 2.04 bits per heavy atom. The van der Waals surface area contributed by atoms with E-state index in [2.05, 4.69) is 15.5 Å². The third-order valence-corrected chi connectivity index (χ3v) is 5.51. The molecule has 2 amide bonds. The second kappa shape index (κ2) is 7.06. The molecule has 27 heavy (non-hydrogen) atoms. The molecule has 3 heterocycles. The maximum Gasteiger partial charge on any atom is 0.317 e. The second-order valence-corrected chi connectivity index (χ2v) is 7.32. The number of urea groups is 1. The van der Waals surface area contributed by atoms with E-state index in [9.17, 15) is 4.79 Å². The fourth-order valence-electron chi connectivity index (χ4n) is 3.95. The maximum atomic E-state index is 12.7. The number of para-hydroxylation sites is 1. The number of fused-ring (bicyclic) bond motifs is 1. The summed E-state index contributed by atoms with van der Waals surface area (Å²) in [4.78, 5) is 14.6. The van der Waals surface area contributed by atoms with Crippen molar-refractivity contribution in [2.45, 2.75) is 38.6 Å². The van der Waals surface area contributed by atoms with Gasteiger partial charge in [-0.05, 0) is 32.8 Å². The van der Waals surface area contributed by atoms with Crippen LogP contribution >= 0.6 is 0 Å². The standard InChI is InChI=1S/C20H25N5O2/c1-13-16-6-4-5-7-17(16)27-18(13)14(2)22-20(26)25-10-8-15(9-11-25)19-23-21-12-24(19)3/h4-7,12,14-15H,8-11H2,1-3H3,(H,22,26)/t14-/m1/s1. The number of amides is 2. The zero-order valence-electron chi connectivity index (χ0n) is 16.0. The van der Waals surface area contributed by atoms with Crippen LogP contribution in [-0.4, -0.2) is 38.8 Å². The van der Waals surface area contributed by atoms with Crippen LogP contribution in [0.3, 0.4) is 0 Å². The molecular formula is C20H25N5O2. The Bertz CT molecular complexity index is 952. The lowest BCUT2D eigenvalue weighted by Gasteiger charge is -2.32. The molecule has 142 valence electrons. The Morgan fingerprint density at radius 3 is 2.70 bits per heavy atom. The molecule has 1 fully saturated rings. The number of likely N-dealkylation sites (tertiary alicyclic amines) is 1. The van der Waals surface area contributed by atoms with E-state index < -0.39 is 0 Å². The van der Waals surface area contributed by atoms with E-state index in [1.54, 1.807) is 6.33 Å². The summed E-state index contributed by atoms with van der Waals surface area (Å²) in [5.41, 5.74) is 1.94. The molecule has 1 saturated heterocycles. The number of rotatable bonds is 3. The molecule has 4 rings (SSSR count). The van der Waals surface area contributed by atoms with E-state index in [4.69, 9.17) is 4.42 Å². The van der Waals surface area contributed by atoms with Crippen LogP contribution in [0.2, 0.25) is 0 Å². The minimum absolute atomic E-state index is 0.0428. The van der Waals surface area contributed by atoms with Gasteiger partial charge >= 0.3 is 6.03 Å². The van der Waals surface area contributed by atoms with Crippen molar-refractivity contribution in [1.29, 1.82) is 0 Å². The van der Waals surface area contributed by atoms with Crippen LogP contribution in [0.25, 0.3) is 11.0 Å². The van der Waals surface area contributed by atoms with Crippen LogP contribution < -0.4 is 5.32 Å². The maximum absolute atomic E-state index is 12.7. The molecule has 7 heteroatoms. The van der Waals surface area contributed by atoms with E-state index in [1.807, 2.05) is 54.6 Å². The molecule has 0 spiro atoms. The van der Waals surface area contributed by atoms with Crippen molar-refractivity contribution in [2.24, 2.45) is 7.05 Å². The van der Waals surface area contributed by atoms with Crippen LogP contribution in [-0.2, 0) is 7.05 Å². The summed E-state index contributed by atoms with van der Waals surface area (Å²) in [5.74, 6) is 2.18. The first-order valence-corrected chi connectivity index (χ1v) is 9.42. The van der Waals surface area contributed by atoms with Crippen molar-refractivity contribution in [3.05, 3.63) is 47.7 Å². The number of piperidine rings is 1. The first-order chi connectivity index (χ1) is 13.0. The zero-order chi connectivity index (χ0) is 19.0. The van der Waals surface area contributed by atoms with E-state index in [0.29, 0.717) is 5.92 Å². The Kier molecular flexibility index (Phi) is 4.59. The number of nitrogens with zero attached hydrogens (tertiary/aromatic N) is 4. The van der Waals surface area contributed by atoms with Gasteiger partial charge < -0.3 is 19.2 Å². The SMILES string of the molecule is Cc1c([C@@H](C)NC(=O)N2CCC(c3nncn3C)CC2)oc2ccccc12. The van der Waals surface area contributed by atoms with Gasteiger partial charge in [0.1, 0.15) is 23.5 Å². The highest BCUT2D eigenvalue weighted by Gasteiger charge is 2.28. The first kappa shape index (κ1) is 17.6. The molecule has 0 aliphatic carbocycles. The number of benzene rings is 1.